The van der Waals surface area contributed by atoms with Crippen LogP contribution in [0.25, 0.3) is 6.08 Å². The SMILES string of the molecule is CCCCn1c(N2CC(C)OC(C)C2)c(/C=C2\SC(=S)N(CCc3ccc(OC)c(OC)c3)C2=O)c(C)c(C#N)c1=O. The van der Waals surface area contributed by atoms with Gasteiger partial charge in [0.05, 0.1) is 31.3 Å². The van der Waals surface area contributed by atoms with Crippen molar-refractivity contribution in [3.8, 4) is 17.6 Å². The minimum atomic E-state index is -0.301. The zero-order valence-electron chi connectivity index (χ0n) is 25.1. The molecular weight excluding hydrogens is 572 g/mol. The summed E-state index contributed by atoms with van der Waals surface area (Å²) in [5.41, 5.74) is 2.04. The molecule has 2 aliphatic heterocycles. The molecule has 0 bridgehead atoms. The molecule has 224 valence electrons. The van der Waals surface area contributed by atoms with Crippen LogP contribution in [0.15, 0.2) is 27.9 Å². The number of carbonyl (C=O) groups excluding carboxylic acids is 1. The number of carbonyl (C=O) groups is 1. The molecular formula is C31H38N4O5S2. The van der Waals surface area contributed by atoms with Gasteiger partial charge in [0.2, 0.25) is 0 Å². The van der Waals surface area contributed by atoms with Crippen LogP contribution in [0.2, 0.25) is 0 Å². The van der Waals surface area contributed by atoms with Crippen LogP contribution in [0.3, 0.4) is 0 Å². The van der Waals surface area contributed by atoms with Gasteiger partial charge in [-0.05, 0) is 62.9 Å². The number of thiocarbonyl (C=S) groups is 1. The van der Waals surface area contributed by atoms with E-state index in [9.17, 15) is 14.9 Å². The number of unbranched alkanes of at least 4 members (excludes halogenated alkanes) is 1. The van der Waals surface area contributed by atoms with Crippen molar-refractivity contribution in [1.82, 2.24) is 9.47 Å². The zero-order valence-corrected chi connectivity index (χ0v) is 26.7. The molecule has 3 heterocycles. The molecule has 11 heteroatoms. The summed E-state index contributed by atoms with van der Waals surface area (Å²) in [6.07, 6.45) is 3.99. The monoisotopic (exact) mass is 610 g/mol. The number of benzene rings is 1. The number of aromatic nitrogens is 1. The van der Waals surface area contributed by atoms with Gasteiger partial charge in [-0.25, -0.2) is 0 Å². The number of hydrogen-bond acceptors (Lipinski definition) is 9. The van der Waals surface area contributed by atoms with Crippen LogP contribution in [0.4, 0.5) is 5.82 Å². The summed E-state index contributed by atoms with van der Waals surface area (Å²) in [6, 6.07) is 7.81. The largest absolute Gasteiger partial charge is 0.493 e. The van der Waals surface area contributed by atoms with Crippen LogP contribution in [0.1, 0.15) is 55.9 Å². The maximum Gasteiger partial charge on any atom is 0.270 e. The van der Waals surface area contributed by atoms with Gasteiger partial charge in [0.15, 0.2) is 11.5 Å². The number of hydrogen-bond donors (Lipinski definition) is 0. The molecule has 9 nitrogen and oxygen atoms in total. The van der Waals surface area contributed by atoms with Crippen molar-refractivity contribution in [3.63, 3.8) is 0 Å². The third-order valence-electron chi connectivity index (χ3n) is 7.52. The first-order chi connectivity index (χ1) is 20.1. The van der Waals surface area contributed by atoms with E-state index in [1.54, 1.807) is 30.6 Å². The zero-order chi connectivity index (χ0) is 30.6. The first-order valence-electron chi connectivity index (χ1n) is 14.2. The lowest BCUT2D eigenvalue weighted by atomic mass is 10.0. The number of amides is 1. The predicted octanol–water partition coefficient (Wildman–Crippen LogP) is 4.90. The Morgan fingerprint density at radius 2 is 1.83 bits per heavy atom. The minimum absolute atomic E-state index is 0.0398. The smallest absolute Gasteiger partial charge is 0.270 e. The van der Waals surface area contributed by atoms with Gasteiger partial charge in [-0.3, -0.25) is 19.1 Å². The maximum absolute atomic E-state index is 13.7. The molecule has 0 aliphatic carbocycles. The summed E-state index contributed by atoms with van der Waals surface area (Å²) in [7, 11) is 3.18. The first kappa shape index (κ1) is 31.6. The fourth-order valence-corrected chi connectivity index (χ4v) is 6.75. The highest BCUT2D eigenvalue weighted by Gasteiger charge is 2.34. The molecule has 2 aliphatic rings. The lowest BCUT2D eigenvalue weighted by Gasteiger charge is -2.39. The minimum Gasteiger partial charge on any atom is -0.493 e. The van der Waals surface area contributed by atoms with Crippen molar-refractivity contribution in [2.75, 3.05) is 38.8 Å². The first-order valence-corrected chi connectivity index (χ1v) is 15.4. The van der Waals surface area contributed by atoms with E-state index < -0.39 is 0 Å². The Kier molecular flexibility index (Phi) is 10.4. The second-order valence-electron chi connectivity index (χ2n) is 10.6. The van der Waals surface area contributed by atoms with E-state index in [1.807, 2.05) is 38.1 Å². The van der Waals surface area contributed by atoms with Gasteiger partial charge in [-0.2, -0.15) is 5.26 Å². The standard InChI is InChI=1S/C31H38N4O5S2/c1-7-8-12-34-28(33-17-19(2)40-20(3)18-33)23(21(4)24(16-32)29(34)36)15-27-30(37)35(31(41)42-27)13-11-22-9-10-25(38-5)26(14-22)39-6/h9-10,14-15,19-20H,7-8,11-13,17-18H2,1-6H3/b27-15-. The van der Waals surface area contributed by atoms with Gasteiger partial charge >= 0.3 is 0 Å². The van der Waals surface area contributed by atoms with Gasteiger partial charge in [-0.1, -0.05) is 43.4 Å². The average molecular weight is 611 g/mol. The molecule has 1 amide bonds. The van der Waals surface area contributed by atoms with Crippen LogP contribution in [-0.2, 0) is 22.5 Å². The Hall–Kier alpha value is -3.33. The second kappa shape index (κ2) is 13.8. The molecule has 2 saturated heterocycles. The van der Waals surface area contributed by atoms with Crippen molar-refractivity contribution in [2.45, 2.75) is 65.7 Å². The highest BCUT2D eigenvalue weighted by atomic mass is 32.2. The number of nitrogens with zero attached hydrogens (tertiary/aromatic N) is 4. The Morgan fingerprint density at radius 1 is 1.14 bits per heavy atom. The summed E-state index contributed by atoms with van der Waals surface area (Å²) in [5, 5.41) is 9.97. The van der Waals surface area contributed by atoms with E-state index in [4.69, 9.17) is 26.4 Å². The van der Waals surface area contributed by atoms with E-state index in [0.717, 1.165) is 24.2 Å². The summed E-state index contributed by atoms with van der Waals surface area (Å²) in [6.45, 7) is 9.94. The Bertz CT molecular complexity index is 1490. The van der Waals surface area contributed by atoms with Crippen molar-refractivity contribution >= 4 is 46.1 Å². The van der Waals surface area contributed by atoms with Gasteiger partial charge in [0.1, 0.15) is 21.8 Å². The molecule has 0 saturated carbocycles. The van der Waals surface area contributed by atoms with E-state index in [0.29, 0.717) is 64.5 Å². The number of thioether (sulfide) groups is 1. The van der Waals surface area contributed by atoms with Crippen molar-refractivity contribution < 1.29 is 19.0 Å². The molecule has 42 heavy (non-hydrogen) atoms. The number of methoxy groups -OCH3 is 2. The quantitative estimate of drug-likeness (QED) is 0.275. The molecule has 0 radical (unpaired) electrons. The lowest BCUT2D eigenvalue weighted by Crippen LogP contribution is -2.48. The molecule has 2 fully saturated rings. The Balaban J connectivity index is 1.73. The number of nitriles is 1. The van der Waals surface area contributed by atoms with Gasteiger partial charge in [0.25, 0.3) is 11.5 Å². The number of ether oxygens (including phenoxy) is 3. The fraction of sp³-hybridized carbons (Fsp3) is 0.484. The number of anilines is 1. The fourth-order valence-electron chi connectivity index (χ4n) is 5.46. The van der Waals surface area contributed by atoms with Crippen LogP contribution in [0.5, 0.6) is 11.5 Å². The van der Waals surface area contributed by atoms with Gasteiger partial charge < -0.3 is 19.1 Å². The predicted molar refractivity (Wildman–Crippen MR) is 170 cm³/mol. The highest BCUT2D eigenvalue weighted by Crippen LogP contribution is 2.37. The van der Waals surface area contributed by atoms with Crippen LogP contribution in [-0.4, -0.2) is 65.8 Å². The molecule has 4 rings (SSSR count). The molecule has 2 aromatic rings. The third-order valence-corrected chi connectivity index (χ3v) is 8.90. The van der Waals surface area contributed by atoms with E-state index in [1.165, 1.54) is 11.8 Å². The lowest BCUT2D eigenvalue weighted by molar-refractivity contribution is -0.122. The highest BCUT2D eigenvalue weighted by molar-refractivity contribution is 8.26. The van der Waals surface area contributed by atoms with Crippen molar-refractivity contribution in [1.29, 1.82) is 5.26 Å². The summed E-state index contributed by atoms with van der Waals surface area (Å²) >= 11 is 6.88. The third kappa shape index (κ3) is 6.51. The summed E-state index contributed by atoms with van der Waals surface area (Å²) in [4.78, 5) is 31.5. The van der Waals surface area contributed by atoms with E-state index in [-0.39, 0.29) is 29.2 Å². The van der Waals surface area contributed by atoms with Crippen LogP contribution >= 0.6 is 24.0 Å². The average Bonchev–Trinajstić information content (AvgIpc) is 3.23. The van der Waals surface area contributed by atoms with Crippen molar-refractivity contribution in [3.05, 3.63) is 55.7 Å². The van der Waals surface area contributed by atoms with Crippen molar-refractivity contribution in [2.24, 2.45) is 0 Å². The number of morpholine rings is 1. The van der Waals surface area contributed by atoms with Crippen LogP contribution < -0.4 is 19.9 Å². The molecule has 0 spiro atoms. The van der Waals surface area contributed by atoms with Gasteiger partial charge in [0, 0.05) is 31.7 Å². The molecule has 0 N–H and O–H groups in total. The van der Waals surface area contributed by atoms with E-state index in [2.05, 4.69) is 17.9 Å². The Labute approximate surface area is 257 Å². The van der Waals surface area contributed by atoms with Crippen LogP contribution in [0, 0.1) is 18.3 Å². The number of rotatable bonds is 10. The molecule has 1 aromatic carbocycles. The number of pyridine rings is 1. The summed E-state index contributed by atoms with van der Waals surface area (Å²) < 4.78 is 18.9. The molecule has 2 atom stereocenters. The van der Waals surface area contributed by atoms with Gasteiger partial charge in [-0.15, -0.1) is 0 Å². The summed E-state index contributed by atoms with van der Waals surface area (Å²) in [5.74, 6) is 1.80. The Morgan fingerprint density at radius 3 is 2.45 bits per heavy atom. The molecule has 1 aromatic heterocycles. The van der Waals surface area contributed by atoms with E-state index >= 15 is 0 Å². The topological polar surface area (TPSA) is 97.0 Å². The normalized spacial score (nSPS) is 19.9. The maximum atomic E-state index is 13.7. The second-order valence-corrected chi connectivity index (χ2v) is 12.3. The molecule has 2 unspecified atom stereocenters.